The van der Waals surface area contributed by atoms with Gasteiger partial charge in [0.15, 0.2) is 10.7 Å². The van der Waals surface area contributed by atoms with E-state index in [2.05, 4.69) is 25.6 Å². The maximum absolute atomic E-state index is 4.28. The smallest absolute Gasteiger partial charge is 0.240 e. The van der Waals surface area contributed by atoms with Gasteiger partial charge in [0, 0.05) is 25.2 Å². The molecule has 2 N–H and O–H groups in total. The highest BCUT2D eigenvalue weighted by Crippen LogP contribution is 2.23. The van der Waals surface area contributed by atoms with Gasteiger partial charge in [0.2, 0.25) is 12.1 Å². The largest absolute Gasteiger partial charge is 0.329 e. The highest BCUT2D eigenvalue weighted by molar-refractivity contribution is 7.99. The molecule has 19 heavy (non-hydrogen) atoms. The van der Waals surface area contributed by atoms with Gasteiger partial charge in [-0.2, -0.15) is 0 Å². The van der Waals surface area contributed by atoms with Crippen molar-refractivity contribution < 1.29 is 4.98 Å². The van der Waals surface area contributed by atoms with Crippen molar-refractivity contribution in [1.29, 1.82) is 0 Å². The van der Waals surface area contributed by atoms with Crippen molar-refractivity contribution in [2.45, 2.75) is 5.16 Å². The molecule has 0 aliphatic heterocycles. The maximum Gasteiger partial charge on any atom is 0.240 e. The van der Waals surface area contributed by atoms with E-state index in [0.29, 0.717) is 0 Å². The summed E-state index contributed by atoms with van der Waals surface area (Å²) >= 11 is 3.44. The minimum atomic E-state index is 0.880. The van der Waals surface area contributed by atoms with Crippen LogP contribution in [0, 0.1) is 0 Å². The first kappa shape index (κ1) is 12.4. The molecule has 3 aromatic heterocycles. The summed E-state index contributed by atoms with van der Waals surface area (Å²) in [5.41, 5.74) is 1.03. The summed E-state index contributed by atoms with van der Waals surface area (Å²) in [6, 6.07) is 2.03. The standard InChI is InChI=1S/C12H13N5S2/c1-17-5-3-14-12(17)19-7-4-13-11-10-9(2-6-18-10)15-8-16-11/h2-3,5-6,8H,4,7H2,1H3,(H,13,15,16)/p+1. The number of nitrogens with one attached hydrogen (secondary N) is 2. The molecule has 98 valence electrons. The quantitative estimate of drug-likeness (QED) is 0.577. The van der Waals surface area contributed by atoms with E-state index in [-0.39, 0.29) is 0 Å². The molecule has 0 saturated heterocycles. The van der Waals surface area contributed by atoms with Crippen LogP contribution in [0.25, 0.3) is 10.2 Å². The second-order valence-electron chi connectivity index (χ2n) is 4.01. The van der Waals surface area contributed by atoms with Gasteiger partial charge in [-0.25, -0.2) is 9.97 Å². The highest BCUT2D eigenvalue weighted by atomic mass is 32.2. The van der Waals surface area contributed by atoms with E-state index in [9.17, 15) is 0 Å². The number of anilines is 1. The lowest BCUT2D eigenvalue weighted by atomic mass is 10.4. The molecule has 0 radical (unpaired) electrons. The molecule has 7 heteroatoms. The van der Waals surface area contributed by atoms with Crippen molar-refractivity contribution in [2.24, 2.45) is 7.05 Å². The lowest BCUT2D eigenvalue weighted by molar-refractivity contribution is -0.363. The van der Waals surface area contributed by atoms with Gasteiger partial charge in [0.1, 0.15) is 4.70 Å². The van der Waals surface area contributed by atoms with Crippen LogP contribution in [0.2, 0.25) is 0 Å². The Morgan fingerprint density at radius 3 is 3.26 bits per heavy atom. The zero-order valence-corrected chi connectivity index (χ0v) is 12.1. The van der Waals surface area contributed by atoms with Crippen molar-refractivity contribution in [2.75, 3.05) is 17.6 Å². The Labute approximate surface area is 119 Å². The van der Waals surface area contributed by atoms with Gasteiger partial charge in [-0.05, 0) is 11.4 Å². The minimum absolute atomic E-state index is 0.880. The third-order valence-corrected chi connectivity index (χ3v) is 4.68. The molecule has 3 heterocycles. The normalized spacial score (nSPS) is 11.0. The molecule has 0 fully saturated rings. The molecule has 0 saturated carbocycles. The van der Waals surface area contributed by atoms with Crippen LogP contribution < -0.4 is 10.3 Å². The van der Waals surface area contributed by atoms with Crippen LogP contribution in [-0.4, -0.2) is 26.8 Å². The van der Waals surface area contributed by atoms with Gasteiger partial charge in [-0.15, -0.1) is 16.3 Å². The molecule has 0 unspecified atom stereocenters. The Kier molecular flexibility index (Phi) is 3.65. The second kappa shape index (κ2) is 5.58. The minimum Gasteiger partial charge on any atom is -0.329 e. The van der Waals surface area contributed by atoms with Gasteiger partial charge in [-0.1, -0.05) is 11.8 Å². The van der Waals surface area contributed by atoms with Crippen LogP contribution in [0.3, 0.4) is 0 Å². The molecule has 5 nitrogen and oxygen atoms in total. The SMILES string of the molecule is Cn1ccnc1SCCNc1[nH+]cnc2ccsc12. The van der Waals surface area contributed by atoms with E-state index in [1.54, 1.807) is 29.4 Å². The van der Waals surface area contributed by atoms with Crippen molar-refractivity contribution in [1.82, 2.24) is 14.5 Å². The van der Waals surface area contributed by atoms with Gasteiger partial charge < -0.3 is 9.88 Å². The molecule has 0 spiro atoms. The first-order valence-corrected chi connectivity index (χ1v) is 7.79. The van der Waals surface area contributed by atoms with Gasteiger partial charge in [0.25, 0.3) is 0 Å². The molecule has 3 rings (SSSR count). The lowest BCUT2D eigenvalue weighted by Gasteiger charge is -2.02. The predicted octanol–water partition coefficient (Wildman–Crippen LogP) is 2.05. The van der Waals surface area contributed by atoms with Crippen molar-refractivity contribution in [3.63, 3.8) is 0 Å². The number of hydrogen-bond donors (Lipinski definition) is 1. The summed E-state index contributed by atoms with van der Waals surface area (Å²) in [4.78, 5) is 11.7. The Morgan fingerprint density at radius 2 is 2.42 bits per heavy atom. The molecule has 0 bridgehead atoms. The van der Waals surface area contributed by atoms with Crippen LogP contribution in [0.5, 0.6) is 0 Å². The fourth-order valence-electron chi connectivity index (χ4n) is 1.76. The van der Waals surface area contributed by atoms with E-state index in [0.717, 1.165) is 28.8 Å². The topological polar surface area (TPSA) is 56.9 Å². The summed E-state index contributed by atoms with van der Waals surface area (Å²) in [5.74, 6) is 2.01. The Bertz CT molecular complexity index is 675. The fraction of sp³-hybridized carbons (Fsp3) is 0.250. The van der Waals surface area contributed by atoms with E-state index < -0.39 is 0 Å². The zero-order chi connectivity index (χ0) is 13.1. The first-order valence-electron chi connectivity index (χ1n) is 5.92. The third kappa shape index (κ3) is 2.71. The highest BCUT2D eigenvalue weighted by Gasteiger charge is 2.09. The van der Waals surface area contributed by atoms with Gasteiger partial charge in [0.05, 0.1) is 6.54 Å². The monoisotopic (exact) mass is 292 g/mol. The lowest BCUT2D eigenvalue weighted by Crippen LogP contribution is -2.15. The number of imidazole rings is 1. The molecular formula is C12H14N5S2+. The number of H-pyrrole nitrogens is 1. The summed E-state index contributed by atoms with van der Waals surface area (Å²) in [5, 5.41) is 6.51. The Hall–Kier alpha value is -1.60. The number of hydrogen-bond acceptors (Lipinski definition) is 5. The number of rotatable bonds is 5. The van der Waals surface area contributed by atoms with Gasteiger partial charge >= 0.3 is 0 Å². The van der Waals surface area contributed by atoms with Crippen LogP contribution in [0.4, 0.5) is 5.82 Å². The predicted molar refractivity (Wildman–Crippen MR) is 78.6 cm³/mol. The number of aromatic amines is 1. The van der Waals surface area contributed by atoms with E-state index >= 15 is 0 Å². The van der Waals surface area contributed by atoms with Gasteiger partial charge in [-0.3, -0.25) is 0 Å². The molecule has 3 aromatic rings. The van der Waals surface area contributed by atoms with Crippen LogP contribution >= 0.6 is 23.1 Å². The van der Waals surface area contributed by atoms with E-state index in [4.69, 9.17) is 0 Å². The number of nitrogens with zero attached hydrogens (tertiary/aromatic N) is 3. The molecule has 0 atom stereocenters. The maximum atomic E-state index is 4.28. The van der Waals surface area contributed by atoms with Crippen molar-refractivity contribution in [3.05, 3.63) is 30.2 Å². The van der Waals surface area contributed by atoms with Crippen LogP contribution in [-0.2, 0) is 7.05 Å². The summed E-state index contributed by atoms with van der Waals surface area (Å²) in [6.07, 6.45) is 5.51. The fourth-order valence-corrected chi connectivity index (χ4v) is 3.37. The first-order chi connectivity index (χ1) is 9.34. The summed E-state index contributed by atoms with van der Waals surface area (Å²) in [7, 11) is 2.01. The van der Waals surface area contributed by atoms with Crippen LogP contribution in [0.1, 0.15) is 0 Å². The van der Waals surface area contributed by atoms with E-state index in [1.807, 2.05) is 30.1 Å². The molecule has 0 aromatic carbocycles. The van der Waals surface area contributed by atoms with Crippen molar-refractivity contribution >= 4 is 39.1 Å². The Morgan fingerprint density at radius 1 is 1.47 bits per heavy atom. The number of fused-ring (bicyclic) bond motifs is 1. The molecule has 0 amide bonds. The Balaban J connectivity index is 1.58. The molecule has 0 aliphatic carbocycles. The number of thioether (sulfide) groups is 1. The second-order valence-corrected chi connectivity index (χ2v) is 5.99. The summed E-state index contributed by atoms with van der Waals surface area (Å²) in [6.45, 7) is 0.880. The summed E-state index contributed by atoms with van der Waals surface area (Å²) < 4.78 is 3.20. The molecular weight excluding hydrogens is 278 g/mol. The number of thiophene rings is 1. The third-order valence-electron chi connectivity index (χ3n) is 2.70. The van der Waals surface area contributed by atoms with E-state index in [1.165, 1.54) is 4.70 Å². The number of aromatic nitrogens is 4. The molecule has 0 aliphatic rings. The zero-order valence-electron chi connectivity index (χ0n) is 10.5. The van der Waals surface area contributed by atoms with Crippen molar-refractivity contribution in [3.8, 4) is 0 Å². The van der Waals surface area contributed by atoms with Crippen LogP contribution in [0.15, 0.2) is 35.3 Å². The average molecular weight is 292 g/mol. The number of aryl methyl sites for hydroxylation is 1. The average Bonchev–Trinajstić information content (AvgIpc) is 3.04.